The number of carbonyl (C=O) groups is 2. The monoisotopic (exact) mass is 342 g/mol. The fourth-order valence-electron chi connectivity index (χ4n) is 3.66. The fraction of sp³-hybridized carbons (Fsp3) is 0.400. The van der Waals surface area contributed by atoms with Gasteiger partial charge in [-0.15, -0.1) is 0 Å². The SMILES string of the molecule is COC(=O)C(C(=O)OC)C(c1cccc2ccccc12)C1CCCO1. The predicted octanol–water partition coefficient (Wildman–Crippen LogP) is 3.06. The molecule has 25 heavy (non-hydrogen) atoms. The molecular weight excluding hydrogens is 320 g/mol. The van der Waals surface area contributed by atoms with Crippen molar-refractivity contribution in [1.29, 1.82) is 0 Å². The van der Waals surface area contributed by atoms with Crippen LogP contribution in [0.1, 0.15) is 24.3 Å². The summed E-state index contributed by atoms with van der Waals surface area (Å²) in [6.07, 6.45) is 1.47. The number of hydrogen-bond acceptors (Lipinski definition) is 5. The molecule has 0 N–H and O–H groups in total. The molecule has 0 aromatic heterocycles. The molecule has 1 saturated heterocycles. The Morgan fingerprint density at radius 3 is 2.36 bits per heavy atom. The predicted molar refractivity (Wildman–Crippen MR) is 93.2 cm³/mol. The zero-order valence-electron chi connectivity index (χ0n) is 14.4. The average Bonchev–Trinajstić information content (AvgIpc) is 3.19. The van der Waals surface area contributed by atoms with E-state index < -0.39 is 23.8 Å². The molecule has 0 amide bonds. The maximum Gasteiger partial charge on any atom is 0.320 e. The lowest BCUT2D eigenvalue weighted by Crippen LogP contribution is -2.38. The minimum absolute atomic E-state index is 0.228. The number of carbonyl (C=O) groups excluding carboxylic acids is 2. The second-order valence-corrected chi connectivity index (χ2v) is 6.17. The highest BCUT2D eigenvalue weighted by Gasteiger charge is 2.44. The second kappa shape index (κ2) is 7.66. The van der Waals surface area contributed by atoms with E-state index in [9.17, 15) is 9.59 Å². The lowest BCUT2D eigenvalue weighted by atomic mass is 9.79. The van der Waals surface area contributed by atoms with E-state index in [1.54, 1.807) is 0 Å². The van der Waals surface area contributed by atoms with Crippen LogP contribution in [0.25, 0.3) is 10.8 Å². The summed E-state index contributed by atoms with van der Waals surface area (Å²) in [4.78, 5) is 24.9. The molecule has 0 saturated carbocycles. The van der Waals surface area contributed by atoms with Gasteiger partial charge in [-0.05, 0) is 29.2 Å². The van der Waals surface area contributed by atoms with Gasteiger partial charge in [-0.25, -0.2) is 0 Å². The molecule has 2 unspecified atom stereocenters. The molecule has 1 aliphatic rings. The first-order valence-corrected chi connectivity index (χ1v) is 8.42. The lowest BCUT2D eigenvalue weighted by Gasteiger charge is -2.29. The van der Waals surface area contributed by atoms with E-state index in [1.165, 1.54) is 14.2 Å². The third kappa shape index (κ3) is 3.37. The quantitative estimate of drug-likeness (QED) is 0.617. The number of ether oxygens (including phenoxy) is 3. The van der Waals surface area contributed by atoms with Crippen LogP contribution in [0, 0.1) is 5.92 Å². The van der Waals surface area contributed by atoms with Gasteiger partial charge in [0.05, 0.1) is 20.3 Å². The van der Waals surface area contributed by atoms with Gasteiger partial charge in [-0.1, -0.05) is 42.5 Å². The molecular formula is C20H22O5. The van der Waals surface area contributed by atoms with Gasteiger partial charge in [0.2, 0.25) is 0 Å². The Hall–Kier alpha value is -2.40. The summed E-state index contributed by atoms with van der Waals surface area (Å²) in [7, 11) is 2.57. The van der Waals surface area contributed by atoms with Crippen molar-refractivity contribution in [3.8, 4) is 0 Å². The maximum absolute atomic E-state index is 12.4. The molecule has 0 radical (unpaired) electrons. The summed E-state index contributed by atoms with van der Waals surface area (Å²) in [5.74, 6) is -2.70. The van der Waals surface area contributed by atoms with Crippen LogP contribution in [0.5, 0.6) is 0 Å². The first-order valence-electron chi connectivity index (χ1n) is 8.42. The van der Waals surface area contributed by atoms with Crippen LogP contribution < -0.4 is 0 Å². The van der Waals surface area contributed by atoms with E-state index in [0.29, 0.717) is 6.61 Å². The van der Waals surface area contributed by atoms with Gasteiger partial charge < -0.3 is 14.2 Å². The molecule has 5 heteroatoms. The first kappa shape index (κ1) is 17.4. The standard InChI is InChI=1S/C20H22O5/c1-23-19(21)18(20(22)24-2)17(16-11-6-12-25-16)15-10-5-8-13-7-3-4-9-14(13)15/h3-5,7-10,16-18H,6,11-12H2,1-2H3. The summed E-state index contributed by atoms with van der Waals surface area (Å²) >= 11 is 0. The Labute approximate surface area is 146 Å². The fourth-order valence-corrected chi connectivity index (χ4v) is 3.66. The number of esters is 2. The zero-order valence-corrected chi connectivity index (χ0v) is 14.4. The summed E-state index contributed by atoms with van der Waals surface area (Å²) in [5.41, 5.74) is 0.908. The lowest BCUT2D eigenvalue weighted by molar-refractivity contribution is -0.161. The highest BCUT2D eigenvalue weighted by atomic mass is 16.5. The minimum Gasteiger partial charge on any atom is -0.468 e. The van der Waals surface area contributed by atoms with Crippen molar-refractivity contribution in [2.24, 2.45) is 5.92 Å². The third-order valence-electron chi connectivity index (χ3n) is 4.82. The highest BCUT2D eigenvalue weighted by Crippen LogP contribution is 2.39. The molecule has 2 aromatic carbocycles. The molecule has 3 rings (SSSR count). The van der Waals surface area contributed by atoms with Crippen molar-refractivity contribution >= 4 is 22.7 Å². The number of hydrogen-bond donors (Lipinski definition) is 0. The molecule has 0 spiro atoms. The minimum atomic E-state index is -1.05. The van der Waals surface area contributed by atoms with E-state index in [2.05, 4.69) is 0 Å². The summed E-state index contributed by atoms with van der Waals surface area (Å²) in [6, 6.07) is 13.8. The number of fused-ring (bicyclic) bond motifs is 1. The summed E-state index contributed by atoms with van der Waals surface area (Å²) in [6.45, 7) is 0.626. The normalized spacial score (nSPS) is 18.3. The molecule has 2 atom stereocenters. The smallest absolute Gasteiger partial charge is 0.320 e. The van der Waals surface area contributed by atoms with Crippen LogP contribution in [-0.2, 0) is 23.8 Å². The summed E-state index contributed by atoms with van der Waals surface area (Å²) in [5, 5.41) is 2.06. The van der Waals surface area contributed by atoms with Gasteiger partial charge in [-0.3, -0.25) is 9.59 Å². The molecule has 1 heterocycles. The van der Waals surface area contributed by atoms with Crippen LogP contribution in [0.3, 0.4) is 0 Å². The number of rotatable bonds is 5. The Bertz CT molecular complexity index is 742. The third-order valence-corrected chi connectivity index (χ3v) is 4.82. The highest BCUT2D eigenvalue weighted by molar-refractivity contribution is 5.97. The van der Waals surface area contributed by atoms with Gasteiger partial charge in [0.25, 0.3) is 0 Å². The van der Waals surface area contributed by atoms with Gasteiger partial charge in [0.1, 0.15) is 0 Å². The van der Waals surface area contributed by atoms with Crippen molar-refractivity contribution < 1.29 is 23.8 Å². The zero-order chi connectivity index (χ0) is 17.8. The van der Waals surface area contributed by atoms with Crippen LogP contribution >= 0.6 is 0 Å². The average molecular weight is 342 g/mol. The van der Waals surface area contributed by atoms with Crippen LogP contribution in [0.15, 0.2) is 42.5 Å². The van der Waals surface area contributed by atoms with Gasteiger partial charge in [0.15, 0.2) is 5.92 Å². The summed E-state index contributed by atoms with van der Waals surface area (Å²) < 4.78 is 15.7. The largest absolute Gasteiger partial charge is 0.468 e. The number of methoxy groups -OCH3 is 2. The van der Waals surface area contributed by atoms with E-state index >= 15 is 0 Å². The Morgan fingerprint density at radius 2 is 1.72 bits per heavy atom. The van der Waals surface area contributed by atoms with E-state index in [4.69, 9.17) is 14.2 Å². The van der Waals surface area contributed by atoms with Crippen LogP contribution in [-0.4, -0.2) is 38.9 Å². The van der Waals surface area contributed by atoms with Crippen LogP contribution in [0.2, 0.25) is 0 Å². The van der Waals surface area contributed by atoms with Gasteiger partial charge >= 0.3 is 11.9 Å². The molecule has 1 fully saturated rings. The Morgan fingerprint density at radius 1 is 1.04 bits per heavy atom. The van der Waals surface area contributed by atoms with E-state index in [1.807, 2.05) is 42.5 Å². The molecule has 5 nitrogen and oxygen atoms in total. The molecule has 132 valence electrons. The van der Waals surface area contributed by atoms with Gasteiger partial charge in [-0.2, -0.15) is 0 Å². The Kier molecular flexibility index (Phi) is 5.34. The van der Waals surface area contributed by atoms with E-state index in [-0.39, 0.29) is 6.10 Å². The number of benzene rings is 2. The maximum atomic E-state index is 12.4. The molecule has 2 aromatic rings. The Balaban J connectivity index is 2.16. The van der Waals surface area contributed by atoms with Crippen molar-refractivity contribution in [2.45, 2.75) is 24.9 Å². The molecule has 1 aliphatic heterocycles. The molecule has 0 aliphatic carbocycles. The first-order chi connectivity index (χ1) is 12.2. The molecule has 0 bridgehead atoms. The van der Waals surface area contributed by atoms with Crippen molar-refractivity contribution in [3.05, 3.63) is 48.0 Å². The second-order valence-electron chi connectivity index (χ2n) is 6.17. The van der Waals surface area contributed by atoms with Crippen molar-refractivity contribution in [2.75, 3.05) is 20.8 Å². The van der Waals surface area contributed by atoms with Gasteiger partial charge in [0, 0.05) is 12.5 Å². The van der Waals surface area contributed by atoms with Crippen molar-refractivity contribution in [3.63, 3.8) is 0 Å². The van der Waals surface area contributed by atoms with Crippen molar-refractivity contribution in [1.82, 2.24) is 0 Å². The van der Waals surface area contributed by atoms with Crippen LogP contribution in [0.4, 0.5) is 0 Å². The topological polar surface area (TPSA) is 61.8 Å². The van der Waals surface area contributed by atoms with E-state index in [0.717, 1.165) is 29.2 Å².